The molecule has 0 aromatic rings. The normalized spacial score (nSPS) is 24.0. The van der Waals surface area contributed by atoms with Crippen LogP contribution >= 0.6 is 0 Å². The van der Waals surface area contributed by atoms with Crippen molar-refractivity contribution in [2.75, 3.05) is 13.2 Å². The molecule has 1 fully saturated rings. The Labute approximate surface area is 223 Å². The highest BCUT2D eigenvalue weighted by molar-refractivity contribution is 4.53. The Hall–Kier alpha value is -0.0400. The first-order valence-corrected chi connectivity index (χ1v) is 17.1. The van der Waals surface area contributed by atoms with E-state index in [1.165, 1.54) is 205 Å². The van der Waals surface area contributed by atoms with E-state index < -0.39 is 0 Å². The summed E-state index contributed by atoms with van der Waals surface area (Å²) in [6.45, 7) is 2.00. The van der Waals surface area contributed by atoms with Gasteiger partial charge in [-0.15, -0.1) is 0 Å². The van der Waals surface area contributed by atoms with E-state index in [1.807, 2.05) is 0 Å². The fraction of sp³-hybridized carbons (Fsp3) is 1.00. The summed E-state index contributed by atoms with van der Waals surface area (Å²) in [7, 11) is 0. The lowest BCUT2D eigenvalue weighted by Gasteiger charge is -2.05. The Morgan fingerprint density at radius 1 is 0.143 bits per heavy atom. The minimum Gasteiger partial charge on any atom is -0.381 e. The van der Waals surface area contributed by atoms with Crippen molar-refractivity contribution >= 4 is 0 Å². The van der Waals surface area contributed by atoms with E-state index in [9.17, 15) is 0 Å². The van der Waals surface area contributed by atoms with Crippen molar-refractivity contribution in [3.8, 4) is 0 Å². The topological polar surface area (TPSA) is 9.23 Å². The maximum atomic E-state index is 5.86. The molecule has 0 amide bonds. The van der Waals surface area contributed by atoms with Gasteiger partial charge in [0.1, 0.15) is 0 Å². The molecule has 0 aliphatic carbocycles. The van der Waals surface area contributed by atoms with Gasteiger partial charge in [-0.1, -0.05) is 193 Å². The third kappa shape index (κ3) is 28.4. The summed E-state index contributed by atoms with van der Waals surface area (Å²) in [5.74, 6) is 0. The first kappa shape index (κ1) is 33.0. The van der Waals surface area contributed by atoms with Crippen LogP contribution in [0.3, 0.4) is 0 Å². The largest absolute Gasteiger partial charge is 0.381 e. The molecule has 0 spiro atoms. The second-order valence-electron chi connectivity index (χ2n) is 11.9. The molecule has 0 aromatic carbocycles. The van der Waals surface area contributed by atoms with Gasteiger partial charge >= 0.3 is 0 Å². The van der Waals surface area contributed by atoms with E-state index in [1.54, 1.807) is 0 Å². The van der Waals surface area contributed by atoms with Gasteiger partial charge in [0, 0.05) is 13.2 Å². The van der Waals surface area contributed by atoms with E-state index in [0.717, 1.165) is 13.2 Å². The zero-order valence-corrected chi connectivity index (χ0v) is 24.4. The first-order chi connectivity index (χ1) is 17.5. The van der Waals surface area contributed by atoms with E-state index in [0.29, 0.717) is 0 Å². The molecular weight excluding hydrogens is 424 g/mol. The molecule has 0 bridgehead atoms. The second-order valence-corrected chi connectivity index (χ2v) is 11.9. The van der Waals surface area contributed by atoms with Crippen LogP contribution in [0.4, 0.5) is 0 Å². The van der Waals surface area contributed by atoms with Gasteiger partial charge < -0.3 is 4.74 Å². The summed E-state index contributed by atoms with van der Waals surface area (Å²) in [4.78, 5) is 0. The highest BCUT2D eigenvalue weighted by atomic mass is 16.5. The number of rotatable bonds is 0. The zero-order valence-electron chi connectivity index (χ0n) is 24.4. The van der Waals surface area contributed by atoms with Crippen molar-refractivity contribution < 1.29 is 4.74 Å². The molecule has 1 nitrogen and oxygen atoms in total. The Morgan fingerprint density at radius 3 is 0.400 bits per heavy atom. The van der Waals surface area contributed by atoms with Crippen LogP contribution in [-0.4, -0.2) is 13.2 Å². The van der Waals surface area contributed by atoms with Gasteiger partial charge in [-0.3, -0.25) is 0 Å². The van der Waals surface area contributed by atoms with Crippen LogP contribution < -0.4 is 0 Å². The summed E-state index contributed by atoms with van der Waals surface area (Å²) < 4.78 is 5.86. The SMILES string of the molecule is C1CCCCCCCCCCCCCCCCCOCCCCCCCCCCCCCCCC1. The van der Waals surface area contributed by atoms with Crippen LogP contribution in [0.15, 0.2) is 0 Å². The molecule has 0 radical (unpaired) electrons. The van der Waals surface area contributed by atoms with Crippen LogP contribution in [-0.2, 0) is 4.74 Å². The van der Waals surface area contributed by atoms with Crippen molar-refractivity contribution in [1.29, 1.82) is 0 Å². The molecule has 1 saturated heterocycles. The summed E-state index contributed by atoms with van der Waals surface area (Å²) in [5, 5.41) is 0. The van der Waals surface area contributed by atoms with Crippen molar-refractivity contribution in [1.82, 2.24) is 0 Å². The van der Waals surface area contributed by atoms with E-state index >= 15 is 0 Å². The minimum atomic E-state index is 1.00. The molecule has 0 aromatic heterocycles. The fourth-order valence-electron chi connectivity index (χ4n) is 5.81. The molecule has 0 saturated carbocycles. The van der Waals surface area contributed by atoms with Gasteiger partial charge in [-0.25, -0.2) is 0 Å². The van der Waals surface area contributed by atoms with Crippen molar-refractivity contribution in [3.05, 3.63) is 0 Å². The molecule has 1 aliphatic rings. The Balaban J connectivity index is 2.00. The van der Waals surface area contributed by atoms with Gasteiger partial charge in [0.25, 0.3) is 0 Å². The predicted octanol–water partition coefficient (Wildman–Crippen LogP) is 12.5. The quantitative estimate of drug-likeness (QED) is 0.326. The Kier molecular flexibility index (Phi) is 28.5. The van der Waals surface area contributed by atoms with Crippen LogP contribution in [0.1, 0.15) is 205 Å². The Morgan fingerprint density at radius 2 is 0.257 bits per heavy atom. The lowest BCUT2D eigenvalue weighted by Crippen LogP contribution is -1.97. The molecule has 0 atom stereocenters. The van der Waals surface area contributed by atoms with Crippen molar-refractivity contribution in [2.24, 2.45) is 0 Å². The van der Waals surface area contributed by atoms with Gasteiger partial charge in [-0.2, -0.15) is 0 Å². The summed E-state index contributed by atoms with van der Waals surface area (Å²) in [5.41, 5.74) is 0. The van der Waals surface area contributed by atoms with Crippen LogP contribution in [0.2, 0.25) is 0 Å². The molecule has 35 heavy (non-hydrogen) atoms. The van der Waals surface area contributed by atoms with Gasteiger partial charge in [-0.05, 0) is 12.8 Å². The summed E-state index contributed by atoms with van der Waals surface area (Å²) in [6, 6.07) is 0. The minimum absolute atomic E-state index is 1.00. The third-order valence-electron chi connectivity index (χ3n) is 8.33. The number of hydrogen-bond acceptors (Lipinski definition) is 1. The first-order valence-electron chi connectivity index (χ1n) is 17.1. The van der Waals surface area contributed by atoms with E-state index in [-0.39, 0.29) is 0 Å². The molecule has 1 rings (SSSR count). The molecular formula is C34H68O. The van der Waals surface area contributed by atoms with Gasteiger partial charge in [0.2, 0.25) is 0 Å². The van der Waals surface area contributed by atoms with Crippen LogP contribution in [0.25, 0.3) is 0 Å². The summed E-state index contributed by atoms with van der Waals surface area (Å²) in [6.07, 6.45) is 46.6. The molecule has 0 N–H and O–H groups in total. The summed E-state index contributed by atoms with van der Waals surface area (Å²) >= 11 is 0. The fourth-order valence-corrected chi connectivity index (χ4v) is 5.81. The lowest BCUT2D eigenvalue weighted by molar-refractivity contribution is 0.125. The number of hydrogen-bond donors (Lipinski definition) is 0. The lowest BCUT2D eigenvalue weighted by atomic mass is 10.0. The maximum Gasteiger partial charge on any atom is 0.0466 e. The second kappa shape index (κ2) is 30.2. The zero-order chi connectivity index (χ0) is 24.7. The average molecular weight is 493 g/mol. The van der Waals surface area contributed by atoms with E-state index in [2.05, 4.69) is 0 Å². The smallest absolute Gasteiger partial charge is 0.0466 e. The van der Waals surface area contributed by atoms with Crippen molar-refractivity contribution in [2.45, 2.75) is 205 Å². The van der Waals surface area contributed by atoms with E-state index in [4.69, 9.17) is 4.74 Å². The molecule has 0 unspecified atom stereocenters. The van der Waals surface area contributed by atoms with Gasteiger partial charge in [0.05, 0.1) is 0 Å². The monoisotopic (exact) mass is 493 g/mol. The highest BCUT2D eigenvalue weighted by Gasteiger charge is 1.98. The van der Waals surface area contributed by atoms with Crippen molar-refractivity contribution in [3.63, 3.8) is 0 Å². The molecule has 210 valence electrons. The Bertz CT molecular complexity index is 186. The third-order valence-corrected chi connectivity index (χ3v) is 8.33. The highest BCUT2D eigenvalue weighted by Crippen LogP contribution is 2.17. The molecule has 1 aliphatic heterocycles. The van der Waals surface area contributed by atoms with Crippen LogP contribution in [0, 0.1) is 0 Å². The van der Waals surface area contributed by atoms with Gasteiger partial charge in [0.15, 0.2) is 0 Å². The van der Waals surface area contributed by atoms with Crippen LogP contribution in [0.5, 0.6) is 0 Å². The standard InChI is InChI=1S/C34H68O/c1-2-4-6-8-10-12-14-16-18-20-22-24-26-28-30-32-34-35-33-31-29-27-25-23-21-19-17-15-13-11-9-7-5-3-1/h1-34H2. The maximum absolute atomic E-state index is 5.86. The number of ether oxygens (including phenoxy) is 1. The predicted molar refractivity (Wildman–Crippen MR) is 159 cm³/mol. The average Bonchev–Trinajstić information content (AvgIpc) is 2.87. The molecule has 1 heteroatoms. The molecule has 1 heterocycles.